The van der Waals surface area contributed by atoms with Gasteiger partial charge in [-0.2, -0.15) is 5.10 Å². The van der Waals surface area contributed by atoms with Crippen molar-refractivity contribution in [1.82, 2.24) is 24.6 Å². The molecule has 12 nitrogen and oxygen atoms in total. The van der Waals surface area contributed by atoms with Crippen molar-refractivity contribution in [3.05, 3.63) is 41.7 Å². The zero-order valence-electron chi connectivity index (χ0n) is 22.5. The van der Waals surface area contributed by atoms with Gasteiger partial charge in [-0.15, -0.1) is 0 Å². The van der Waals surface area contributed by atoms with E-state index in [2.05, 4.69) is 15.0 Å². The number of carbonyl (C=O) groups is 2. The molecule has 12 heteroatoms. The Bertz CT molecular complexity index is 1590. The van der Waals surface area contributed by atoms with Gasteiger partial charge in [0.05, 0.1) is 40.7 Å². The van der Waals surface area contributed by atoms with E-state index in [4.69, 9.17) is 20.2 Å². The lowest BCUT2D eigenvalue weighted by atomic mass is 10.00. The Hall–Kier alpha value is -4.45. The molecule has 1 aliphatic rings. The van der Waals surface area contributed by atoms with E-state index in [-0.39, 0.29) is 24.4 Å². The number of piperazine rings is 1. The Kier molecular flexibility index (Phi) is 6.73. The number of pyridine rings is 2. The maximum Gasteiger partial charge on any atom is 0.407 e. The van der Waals surface area contributed by atoms with Gasteiger partial charge in [-0.3, -0.25) is 14.4 Å². The second-order valence-electron chi connectivity index (χ2n) is 9.95. The van der Waals surface area contributed by atoms with Gasteiger partial charge >= 0.3 is 6.09 Å². The fourth-order valence-electron chi connectivity index (χ4n) is 5.45. The van der Waals surface area contributed by atoms with E-state index in [1.165, 1.54) is 12.0 Å². The molecule has 3 aromatic heterocycles. The second-order valence-corrected chi connectivity index (χ2v) is 9.95. The molecule has 0 aliphatic carbocycles. The first kappa shape index (κ1) is 26.2. The van der Waals surface area contributed by atoms with E-state index in [0.717, 1.165) is 22.2 Å². The monoisotopic (exact) mass is 533 g/mol. The molecule has 3 N–H and O–H groups in total. The van der Waals surface area contributed by atoms with Crippen molar-refractivity contribution < 1.29 is 24.2 Å². The summed E-state index contributed by atoms with van der Waals surface area (Å²) in [6.07, 6.45) is 2.66. The van der Waals surface area contributed by atoms with Crippen molar-refractivity contribution in [3.63, 3.8) is 0 Å². The van der Waals surface area contributed by atoms with Gasteiger partial charge in [-0.25, -0.2) is 14.8 Å². The summed E-state index contributed by atoms with van der Waals surface area (Å²) in [5, 5.41) is 15.5. The summed E-state index contributed by atoms with van der Waals surface area (Å²) in [5.74, 6) is -0.0696. The number of carbonyl (C=O) groups excluding carboxylic acids is 1. The van der Waals surface area contributed by atoms with Gasteiger partial charge in [-0.05, 0) is 39.0 Å². The molecule has 5 rings (SSSR count). The first-order chi connectivity index (χ1) is 18.6. The van der Waals surface area contributed by atoms with Crippen LogP contribution in [0.2, 0.25) is 0 Å². The summed E-state index contributed by atoms with van der Waals surface area (Å²) in [6, 6.07) is 4.98. The number of aromatic nitrogens is 4. The van der Waals surface area contributed by atoms with Gasteiger partial charge < -0.3 is 25.2 Å². The molecule has 1 aromatic carbocycles. The van der Waals surface area contributed by atoms with Crippen molar-refractivity contribution in [2.75, 3.05) is 31.9 Å². The molecule has 4 heterocycles. The van der Waals surface area contributed by atoms with E-state index in [1.54, 1.807) is 16.9 Å². The molecule has 0 spiro atoms. The van der Waals surface area contributed by atoms with E-state index >= 15 is 0 Å². The van der Waals surface area contributed by atoms with Gasteiger partial charge in [0.2, 0.25) is 5.91 Å². The van der Waals surface area contributed by atoms with Crippen molar-refractivity contribution >= 4 is 39.6 Å². The van der Waals surface area contributed by atoms with Crippen LogP contribution in [0.4, 0.5) is 10.5 Å². The third-order valence-electron chi connectivity index (χ3n) is 7.11. The number of methoxy groups -OCH3 is 1. The van der Waals surface area contributed by atoms with Crippen molar-refractivity contribution in [3.8, 4) is 17.0 Å². The number of benzene rings is 1. The fourth-order valence-corrected chi connectivity index (χ4v) is 5.45. The van der Waals surface area contributed by atoms with Crippen LogP contribution in [0.1, 0.15) is 29.8 Å². The summed E-state index contributed by atoms with van der Waals surface area (Å²) in [5.41, 5.74) is 9.99. The largest absolute Gasteiger partial charge is 0.466 e. The topological polar surface area (TPSA) is 149 Å². The highest BCUT2D eigenvalue weighted by Gasteiger charge is 2.33. The number of fused-ring (bicyclic) bond motifs is 2. The quantitative estimate of drug-likeness (QED) is 0.356. The van der Waals surface area contributed by atoms with E-state index in [9.17, 15) is 14.7 Å². The summed E-state index contributed by atoms with van der Waals surface area (Å²) in [6.45, 7) is 6.67. The molecule has 1 fully saturated rings. The molecule has 4 aromatic rings. The maximum atomic E-state index is 12.7. The molecular formula is C27H31N7O5. The van der Waals surface area contributed by atoms with Gasteiger partial charge in [0.1, 0.15) is 5.75 Å². The molecule has 2 atom stereocenters. The van der Waals surface area contributed by atoms with Crippen LogP contribution < -0.4 is 15.4 Å². The third kappa shape index (κ3) is 4.67. The number of nitrogens with zero attached hydrogens (tertiary/aromatic N) is 6. The summed E-state index contributed by atoms with van der Waals surface area (Å²) in [4.78, 5) is 37.2. The lowest BCUT2D eigenvalue weighted by Gasteiger charge is -2.43. The number of amides is 2. The summed E-state index contributed by atoms with van der Waals surface area (Å²) in [7, 11) is 3.39. The molecule has 0 unspecified atom stereocenters. The highest BCUT2D eigenvalue weighted by Crippen LogP contribution is 2.38. The van der Waals surface area contributed by atoms with Gasteiger partial charge in [0.15, 0.2) is 12.4 Å². The average Bonchev–Trinajstić information content (AvgIpc) is 3.26. The number of carboxylic acid groups (broad SMARTS) is 1. The van der Waals surface area contributed by atoms with E-state index in [0.29, 0.717) is 41.1 Å². The van der Waals surface area contributed by atoms with Crippen LogP contribution in [0.3, 0.4) is 0 Å². The zero-order valence-corrected chi connectivity index (χ0v) is 22.5. The van der Waals surface area contributed by atoms with Crippen LogP contribution in [-0.2, 0) is 11.8 Å². The normalized spacial score (nSPS) is 17.7. The molecule has 204 valence electrons. The molecule has 0 bridgehead atoms. The van der Waals surface area contributed by atoms with E-state index in [1.807, 2.05) is 46.1 Å². The summed E-state index contributed by atoms with van der Waals surface area (Å²) >= 11 is 0. The molecular weight excluding hydrogens is 502 g/mol. The Labute approximate surface area is 224 Å². The van der Waals surface area contributed by atoms with Crippen LogP contribution in [0.25, 0.3) is 33.2 Å². The minimum absolute atomic E-state index is 0.0238. The number of nitrogens with two attached hydrogens (primary N) is 1. The molecule has 2 amide bonds. The Balaban J connectivity index is 1.62. The molecule has 1 saturated heterocycles. The van der Waals surface area contributed by atoms with Crippen molar-refractivity contribution in [1.29, 1.82) is 0 Å². The van der Waals surface area contributed by atoms with Crippen LogP contribution in [0, 0.1) is 6.92 Å². The standard InChI is InChI=1S/C27H31N7O5/c1-14-10-33(11-15(2)34(14)27(36)37)18-7-20-19(25(28)35)8-22(30-26(20)29-9-18)21-6-17-12-32(4)31-23(17)16(3)24(21)39-13-38-5/h6-9,12,14-15H,10-11,13H2,1-5H3,(H2,28,35)(H,36,37)/t14-,15-/m0/s1. The molecule has 0 saturated carbocycles. The fraction of sp³-hybridized carbons (Fsp3) is 0.370. The van der Waals surface area contributed by atoms with E-state index < -0.39 is 12.0 Å². The zero-order chi connectivity index (χ0) is 28.0. The van der Waals surface area contributed by atoms with Gasteiger partial charge in [0, 0.05) is 55.3 Å². The SMILES string of the molecule is COCOc1c(-c2cc(C(N)=O)c3cc(N4C[C@H](C)N(C(=O)O)[C@@H](C)C4)cnc3n2)cc2cn(C)nc2c1C. The minimum Gasteiger partial charge on any atom is -0.466 e. The lowest BCUT2D eigenvalue weighted by molar-refractivity contribution is 0.0511. The highest BCUT2D eigenvalue weighted by molar-refractivity contribution is 6.06. The molecule has 1 aliphatic heterocycles. The smallest absolute Gasteiger partial charge is 0.407 e. The third-order valence-corrected chi connectivity index (χ3v) is 7.11. The van der Waals surface area contributed by atoms with Gasteiger partial charge in [0.25, 0.3) is 0 Å². The van der Waals surface area contributed by atoms with Crippen LogP contribution in [0.5, 0.6) is 5.75 Å². The summed E-state index contributed by atoms with van der Waals surface area (Å²) < 4.78 is 12.8. The highest BCUT2D eigenvalue weighted by atomic mass is 16.7. The van der Waals surface area contributed by atoms with Crippen LogP contribution >= 0.6 is 0 Å². The average molecular weight is 534 g/mol. The number of hydrogen-bond donors (Lipinski definition) is 2. The number of hydrogen-bond acceptors (Lipinski definition) is 8. The first-order valence-electron chi connectivity index (χ1n) is 12.5. The van der Waals surface area contributed by atoms with Gasteiger partial charge in [-0.1, -0.05) is 0 Å². The Morgan fingerprint density at radius 3 is 2.54 bits per heavy atom. The predicted octanol–water partition coefficient (Wildman–Crippen LogP) is 3.15. The maximum absolute atomic E-state index is 12.7. The minimum atomic E-state index is -0.937. The number of rotatable bonds is 6. The van der Waals surface area contributed by atoms with Crippen molar-refractivity contribution in [2.24, 2.45) is 12.8 Å². The number of primary amides is 1. The lowest BCUT2D eigenvalue weighted by Crippen LogP contribution is -2.58. The second kappa shape index (κ2) is 10.0. The first-order valence-corrected chi connectivity index (χ1v) is 12.5. The number of ether oxygens (including phenoxy) is 2. The molecule has 39 heavy (non-hydrogen) atoms. The number of aryl methyl sites for hydroxylation is 2. The Morgan fingerprint density at radius 1 is 1.18 bits per heavy atom. The van der Waals surface area contributed by atoms with Crippen LogP contribution in [0.15, 0.2) is 30.6 Å². The number of anilines is 1. The predicted molar refractivity (Wildman–Crippen MR) is 146 cm³/mol. The molecule has 0 radical (unpaired) electrons. The van der Waals surface area contributed by atoms with Crippen molar-refractivity contribution in [2.45, 2.75) is 32.9 Å². The Morgan fingerprint density at radius 2 is 1.90 bits per heavy atom. The van der Waals surface area contributed by atoms with Crippen LogP contribution in [-0.4, -0.2) is 80.8 Å².